The Bertz CT molecular complexity index is 617. The third-order valence-corrected chi connectivity index (χ3v) is 3.68. The summed E-state index contributed by atoms with van der Waals surface area (Å²) in [5.41, 5.74) is 3.58. The molecule has 0 fully saturated rings. The second-order valence-corrected chi connectivity index (χ2v) is 5.81. The summed E-state index contributed by atoms with van der Waals surface area (Å²) in [4.78, 5) is 13.0. The zero-order valence-electron chi connectivity index (χ0n) is 10.7. The van der Waals surface area contributed by atoms with Crippen molar-refractivity contribution in [3.63, 3.8) is 0 Å². The van der Waals surface area contributed by atoms with Crippen LogP contribution >= 0.6 is 28.6 Å². The fraction of sp³-hybridized carbons (Fsp3) is 0.133. The number of hydrogen-bond donors (Lipinski definition) is 2. The Morgan fingerprint density at radius 1 is 1.21 bits per heavy atom. The van der Waals surface area contributed by atoms with Crippen molar-refractivity contribution >= 4 is 40.2 Å². The molecule has 0 spiro atoms. The Kier molecular flexibility index (Phi) is 4.32. The Balaban J connectivity index is 2.29. The minimum absolute atomic E-state index is 0.136. The van der Waals surface area contributed by atoms with Crippen LogP contribution in [-0.4, -0.2) is 5.91 Å². The van der Waals surface area contributed by atoms with E-state index >= 15 is 0 Å². The normalized spacial score (nSPS) is 10.3. The highest BCUT2D eigenvalue weighted by molar-refractivity contribution is 9.10. The zero-order valence-corrected chi connectivity index (χ0v) is 13.2. The van der Waals surface area contributed by atoms with Gasteiger partial charge < -0.3 is 5.32 Å². The quantitative estimate of drug-likeness (QED) is 0.771. The lowest BCUT2D eigenvalue weighted by Crippen LogP contribution is -2.13. The molecular formula is C15H14BrNOS. The predicted molar refractivity (Wildman–Crippen MR) is 85.3 cm³/mol. The van der Waals surface area contributed by atoms with Gasteiger partial charge in [-0.05, 0) is 65.2 Å². The molecule has 0 aliphatic rings. The van der Waals surface area contributed by atoms with Gasteiger partial charge in [0.1, 0.15) is 0 Å². The molecule has 0 bridgehead atoms. The first-order valence-electron chi connectivity index (χ1n) is 5.84. The molecule has 0 radical (unpaired) electrons. The van der Waals surface area contributed by atoms with Gasteiger partial charge in [-0.3, -0.25) is 4.79 Å². The van der Waals surface area contributed by atoms with E-state index in [1.807, 2.05) is 38.1 Å². The number of rotatable bonds is 2. The van der Waals surface area contributed by atoms with E-state index in [1.54, 1.807) is 12.1 Å². The zero-order chi connectivity index (χ0) is 14.0. The number of anilines is 1. The maximum atomic E-state index is 12.2. The number of carbonyl (C=O) groups excluding carboxylic acids is 1. The molecule has 0 saturated heterocycles. The average molecular weight is 336 g/mol. The fourth-order valence-electron chi connectivity index (χ4n) is 1.91. The van der Waals surface area contributed by atoms with Crippen LogP contribution in [0.4, 0.5) is 5.69 Å². The Labute approximate surface area is 126 Å². The number of halogens is 1. The van der Waals surface area contributed by atoms with Gasteiger partial charge in [-0.1, -0.05) is 12.1 Å². The maximum Gasteiger partial charge on any atom is 0.255 e. The highest BCUT2D eigenvalue weighted by Crippen LogP contribution is 2.28. The molecule has 2 aromatic rings. The number of hydrogen-bond acceptors (Lipinski definition) is 2. The molecule has 0 saturated carbocycles. The summed E-state index contributed by atoms with van der Waals surface area (Å²) < 4.78 is 0.889. The smallest absolute Gasteiger partial charge is 0.255 e. The monoisotopic (exact) mass is 335 g/mol. The van der Waals surface area contributed by atoms with E-state index in [1.165, 1.54) is 0 Å². The molecule has 4 heteroatoms. The van der Waals surface area contributed by atoms with E-state index < -0.39 is 0 Å². The Hall–Kier alpha value is -1.26. The maximum absolute atomic E-state index is 12.2. The SMILES string of the molecule is Cc1cc(C)c(NC(=O)c2cccc(S)c2)c(Br)c1. The number of aryl methyl sites for hydroxylation is 2. The number of benzene rings is 2. The van der Waals surface area contributed by atoms with E-state index in [0.717, 1.165) is 26.2 Å². The molecular weight excluding hydrogens is 322 g/mol. The first-order valence-corrected chi connectivity index (χ1v) is 7.08. The van der Waals surface area contributed by atoms with Crippen LogP contribution in [0.5, 0.6) is 0 Å². The van der Waals surface area contributed by atoms with Crippen LogP contribution in [-0.2, 0) is 0 Å². The number of nitrogens with one attached hydrogen (secondary N) is 1. The number of carbonyl (C=O) groups is 1. The van der Waals surface area contributed by atoms with Gasteiger partial charge in [-0.15, -0.1) is 12.6 Å². The molecule has 1 N–H and O–H groups in total. The van der Waals surface area contributed by atoms with Crippen LogP contribution in [0, 0.1) is 13.8 Å². The van der Waals surface area contributed by atoms with Gasteiger partial charge in [0.25, 0.3) is 5.91 Å². The van der Waals surface area contributed by atoms with Gasteiger partial charge in [0, 0.05) is 14.9 Å². The summed E-state index contributed by atoms with van der Waals surface area (Å²) in [7, 11) is 0. The third kappa shape index (κ3) is 3.39. The first-order chi connectivity index (χ1) is 8.97. The van der Waals surface area contributed by atoms with Crippen molar-refractivity contribution in [2.75, 3.05) is 5.32 Å². The molecule has 0 aromatic heterocycles. The van der Waals surface area contributed by atoms with Crippen molar-refractivity contribution in [3.8, 4) is 0 Å². The van der Waals surface area contributed by atoms with Crippen LogP contribution in [0.2, 0.25) is 0 Å². The third-order valence-electron chi connectivity index (χ3n) is 2.78. The molecule has 0 atom stereocenters. The molecule has 1 amide bonds. The van der Waals surface area contributed by atoms with Crippen LogP contribution in [0.3, 0.4) is 0 Å². The predicted octanol–water partition coefficient (Wildman–Crippen LogP) is 4.61. The van der Waals surface area contributed by atoms with Crippen LogP contribution in [0.1, 0.15) is 21.5 Å². The summed E-state index contributed by atoms with van der Waals surface area (Å²) in [5.74, 6) is -0.136. The highest BCUT2D eigenvalue weighted by atomic mass is 79.9. The van der Waals surface area contributed by atoms with Crippen molar-refractivity contribution < 1.29 is 4.79 Å². The molecule has 2 nitrogen and oxygen atoms in total. The second kappa shape index (κ2) is 5.80. The average Bonchev–Trinajstić information content (AvgIpc) is 2.33. The van der Waals surface area contributed by atoms with Gasteiger partial charge in [-0.25, -0.2) is 0 Å². The summed E-state index contributed by atoms with van der Waals surface area (Å²) in [5, 5.41) is 2.93. The van der Waals surface area contributed by atoms with Crippen molar-refractivity contribution in [3.05, 3.63) is 57.6 Å². The van der Waals surface area contributed by atoms with E-state index in [4.69, 9.17) is 0 Å². The number of amides is 1. The summed E-state index contributed by atoms with van der Waals surface area (Å²) in [6, 6.07) is 11.2. The topological polar surface area (TPSA) is 29.1 Å². The molecule has 98 valence electrons. The highest BCUT2D eigenvalue weighted by Gasteiger charge is 2.11. The molecule has 0 heterocycles. The van der Waals surface area contributed by atoms with Crippen molar-refractivity contribution in [2.24, 2.45) is 0 Å². The van der Waals surface area contributed by atoms with Crippen molar-refractivity contribution in [1.29, 1.82) is 0 Å². The van der Waals surface area contributed by atoms with Crippen molar-refractivity contribution in [2.45, 2.75) is 18.7 Å². The largest absolute Gasteiger partial charge is 0.321 e. The lowest BCUT2D eigenvalue weighted by Gasteiger charge is -2.12. The van der Waals surface area contributed by atoms with Crippen LogP contribution in [0.25, 0.3) is 0 Å². The standard InChI is InChI=1S/C15H14BrNOS/c1-9-6-10(2)14(13(16)7-9)17-15(18)11-4-3-5-12(19)8-11/h3-8,19H,1-2H3,(H,17,18). The Morgan fingerprint density at radius 2 is 1.95 bits per heavy atom. The van der Waals surface area contributed by atoms with Crippen LogP contribution in [0.15, 0.2) is 45.8 Å². The minimum Gasteiger partial charge on any atom is -0.321 e. The van der Waals surface area contributed by atoms with Gasteiger partial charge >= 0.3 is 0 Å². The first kappa shape index (κ1) is 14.2. The molecule has 19 heavy (non-hydrogen) atoms. The lowest BCUT2D eigenvalue weighted by atomic mass is 10.1. The molecule has 2 aromatic carbocycles. The Morgan fingerprint density at radius 3 is 2.58 bits per heavy atom. The van der Waals surface area contributed by atoms with Gasteiger partial charge in [0.15, 0.2) is 0 Å². The molecule has 0 aliphatic carbocycles. The van der Waals surface area contributed by atoms with E-state index in [0.29, 0.717) is 5.56 Å². The van der Waals surface area contributed by atoms with Gasteiger partial charge in [0.05, 0.1) is 5.69 Å². The summed E-state index contributed by atoms with van der Waals surface area (Å²) in [6.45, 7) is 4.00. The molecule has 0 aliphatic heterocycles. The van der Waals surface area contributed by atoms with E-state index in [9.17, 15) is 4.79 Å². The summed E-state index contributed by atoms with van der Waals surface area (Å²) >= 11 is 7.72. The van der Waals surface area contributed by atoms with Crippen LogP contribution < -0.4 is 5.32 Å². The molecule has 2 rings (SSSR count). The van der Waals surface area contributed by atoms with Gasteiger partial charge in [0.2, 0.25) is 0 Å². The second-order valence-electron chi connectivity index (χ2n) is 4.44. The minimum atomic E-state index is -0.136. The fourth-order valence-corrected chi connectivity index (χ4v) is 2.90. The van der Waals surface area contributed by atoms with Crippen molar-refractivity contribution in [1.82, 2.24) is 0 Å². The van der Waals surface area contributed by atoms with E-state index in [2.05, 4.69) is 33.9 Å². The van der Waals surface area contributed by atoms with E-state index in [-0.39, 0.29) is 5.91 Å². The number of thiol groups is 1. The summed E-state index contributed by atoms with van der Waals surface area (Å²) in [6.07, 6.45) is 0. The van der Waals surface area contributed by atoms with Gasteiger partial charge in [-0.2, -0.15) is 0 Å². The lowest BCUT2D eigenvalue weighted by molar-refractivity contribution is 0.102. The molecule has 0 unspecified atom stereocenters.